The van der Waals surface area contributed by atoms with Crippen LogP contribution in [0, 0.1) is 18.7 Å². The second-order valence-electron chi connectivity index (χ2n) is 5.00. The third-order valence-electron chi connectivity index (χ3n) is 3.63. The first-order chi connectivity index (χ1) is 8.50. The summed E-state index contributed by atoms with van der Waals surface area (Å²) in [6.07, 6.45) is 2.00. The first kappa shape index (κ1) is 13.5. The SMILES string of the molecule is Cc1c(Br)ccc(F)c1C(=O)N1CCC(C)CC1. The van der Waals surface area contributed by atoms with E-state index in [9.17, 15) is 9.18 Å². The molecule has 98 valence electrons. The Morgan fingerprint density at radius 1 is 1.39 bits per heavy atom. The molecule has 0 aliphatic carbocycles. The lowest BCUT2D eigenvalue weighted by atomic mass is 9.98. The van der Waals surface area contributed by atoms with Crippen molar-refractivity contribution in [2.45, 2.75) is 26.7 Å². The highest BCUT2D eigenvalue weighted by Crippen LogP contribution is 2.25. The van der Waals surface area contributed by atoms with Crippen LogP contribution < -0.4 is 0 Å². The van der Waals surface area contributed by atoms with Crippen LogP contribution >= 0.6 is 15.9 Å². The predicted octanol–water partition coefficient (Wildman–Crippen LogP) is 3.77. The Morgan fingerprint density at radius 3 is 2.61 bits per heavy atom. The van der Waals surface area contributed by atoms with E-state index in [1.807, 2.05) is 0 Å². The predicted molar refractivity (Wildman–Crippen MR) is 73.1 cm³/mol. The molecule has 0 radical (unpaired) electrons. The average Bonchev–Trinajstić information content (AvgIpc) is 2.35. The molecule has 0 saturated carbocycles. The lowest BCUT2D eigenvalue weighted by Gasteiger charge is -2.30. The second kappa shape index (κ2) is 5.39. The van der Waals surface area contributed by atoms with E-state index in [0.717, 1.165) is 30.4 Å². The molecular weight excluding hydrogens is 297 g/mol. The van der Waals surface area contributed by atoms with Crippen molar-refractivity contribution in [1.82, 2.24) is 4.90 Å². The molecule has 2 rings (SSSR count). The monoisotopic (exact) mass is 313 g/mol. The number of carbonyl (C=O) groups excluding carboxylic acids is 1. The molecule has 1 amide bonds. The van der Waals surface area contributed by atoms with Gasteiger partial charge in [-0.25, -0.2) is 4.39 Å². The molecular formula is C14H17BrFNO. The molecule has 2 nitrogen and oxygen atoms in total. The Hall–Kier alpha value is -0.900. The lowest BCUT2D eigenvalue weighted by Crippen LogP contribution is -2.38. The minimum atomic E-state index is -0.431. The van der Waals surface area contributed by atoms with Crippen molar-refractivity contribution in [3.8, 4) is 0 Å². The molecule has 0 bridgehead atoms. The molecule has 1 aromatic rings. The van der Waals surface area contributed by atoms with Crippen molar-refractivity contribution < 1.29 is 9.18 Å². The highest BCUT2D eigenvalue weighted by molar-refractivity contribution is 9.10. The Labute approximate surface area is 115 Å². The van der Waals surface area contributed by atoms with E-state index in [-0.39, 0.29) is 11.5 Å². The molecule has 0 spiro atoms. The van der Waals surface area contributed by atoms with Crippen LogP contribution in [0.5, 0.6) is 0 Å². The number of amides is 1. The van der Waals surface area contributed by atoms with Crippen LogP contribution in [-0.2, 0) is 0 Å². The normalized spacial score (nSPS) is 17.0. The quantitative estimate of drug-likeness (QED) is 0.773. The molecule has 1 aromatic carbocycles. The fourth-order valence-corrected chi connectivity index (χ4v) is 2.62. The van der Waals surface area contributed by atoms with E-state index in [4.69, 9.17) is 0 Å². The molecule has 1 heterocycles. The van der Waals surface area contributed by atoms with Crippen LogP contribution in [0.1, 0.15) is 35.7 Å². The molecule has 1 aliphatic heterocycles. The standard InChI is InChI=1S/C14H17BrFNO/c1-9-5-7-17(8-6-9)14(18)13-10(2)11(15)3-4-12(13)16/h3-4,9H,5-8H2,1-2H3. The summed E-state index contributed by atoms with van der Waals surface area (Å²) in [6.45, 7) is 5.41. The zero-order chi connectivity index (χ0) is 13.3. The highest BCUT2D eigenvalue weighted by atomic mass is 79.9. The third-order valence-corrected chi connectivity index (χ3v) is 4.49. The fourth-order valence-electron chi connectivity index (χ4n) is 2.29. The molecule has 1 aliphatic rings. The summed E-state index contributed by atoms with van der Waals surface area (Å²) < 4.78 is 14.6. The number of halogens is 2. The van der Waals surface area contributed by atoms with Gasteiger partial charge in [0.2, 0.25) is 0 Å². The minimum Gasteiger partial charge on any atom is -0.339 e. The van der Waals surface area contributed by atoms with Gasteiger partial charge in [-0.15, -0.1) is 0 Å². The first-order valence-electron chi connectivity index (χ1n) is 6.24. The van der Waals surface area contributed by atoms with Crippen LogP contribution in [-0.4, -0.2) is 23.9 Å². The Bertz CT molecular complexity index is 467. The molecule has 1 saturated heterocycles. The molecule has 4 heteroatoms. The van der Waals surface area contributed by atoms with Gasteiger partial charge in [0.25, 0.3) is 5.91 Å². The zero-order valence-electron chi connectivity index (χ0n) is 10.7. The van der Waals surface area contributed by atoms with Crippen LogP contribution in [0.3, 0.4) is 0 Å². The number of piperidine rings is 1. The highest BCUT2D eigenvalue weighted by Gasteiger charge is 2.25. The first-order valence-corrected chi connectivity index (χ1v) is 7.04. The number of likely N-dealkylation sites (tertiary alicyclic amines) is 1. The number of nitrogens with zero attached hydrogens (tertiary/aromatic N) is 1. The van der Waals surface area contributed by atoms with Gasteiger partial charge >= 0.3 is 0 Å². The lowest BCUT2D eigenvalue weighted by molar-refractivity contribution is 0.0691. The summed E-state index contributed by atoms with van der Waals surface area (Å²) >= 11 is 3.34. The van der Waals surface area contributed by atoms with Gasteiger partial charge in [0.05, 0.1) is 5.56 Å². The fraction of sp³-hybridized carbons (Fsp3) is 0.500. The summed E-state index contributed by atoms with van der Waals surface area (Å²) in [4.78, 5) is 14.1. The van der Waals surface area contributed by atoms with E-state index in [2.05, 4.69) is 22.9 Å². The number of hydrogen-bond acceptors (Lipinski definition) is 1. The number of rotatable bonds is 1. The summed E-state index contributed by atoms with van der Waals surface area (Å²) in [5, 5.41) is 0. The van der Waals surface area contributed by atoms with Crippen molar-refractivity contribution in [1.29, 1.82) is 0 Å². The van der Waals surface area contributed by atoms with Crippen molar-refractivity contribution in [2.75, 3.05) is 13.1 Å². The molecule has 0 atom stereocenters. The van der Waals surface area contributed by atoms with Crippen molar-refractivity contribution in [3.05, 3.63) is 33.5 Å². The van der Waals surface area contributed by atoms with E-state index in [1.54, 1.807) is 17.9 Å². The Kier molecular flexibility index (Phi) is 4.05. The van der Waals surface area contributed by atoms with Crippen molar-refractivity contribution >= 4 is 21.8 Å². The maximum Gasteiger partial charge on any atom is 0.257 e. The van der Waals surface area contributed by atoms with Crippen LogP contribution in [0.25, 0.3) is 0 Å². The van der Waals surface area contributed by atoms with Gasteiger partial charge in [-0.1, -0.05) is 22.9 Å². The van der Waals surface area contributed by atoms with Gasteiger partial charge in [-0.2, -0.15) is 0 Å². The molecule has 0 N–H and O–H groups in total. The maximum atomic E-state index is 13.8. The van der Waals surface area contributed by atoms with Gasteiger partial charge in [0, 0.05) is 17.6 Å². The molecule has 0 unspecified atom stereocenters. The molecule has 0 aromatic heterocycles. The average molecular weight is 314 g/mol. The smallest absolute Gasteiger partial charge is 0.257 e. The Balaban J connectivity index is 2.26. The number of carbonyl (C=O) groups is 1. The maximum absolute atomic E-state index is 13.8. The molecule has 18 heavy (non-hydrogen) atoms. The largest absolute Gasteiger partial charge is 0.339 e. The van der Waals surface area contributed by atoms with Crippen LogP contribution in [0.15, 0.2) is 16.6 Å². The topological polar surface area (TPSA) is 20.3 Å². The zero-order valence-corrected chi connectivity index (χ0v) is 12.3. The third kappa shape index (κ3) is 2.58. The minimum absolute atomic E-state index is 0.182. The van der Waals surface area contributed by atoms with Crippen molar-refractivity contribution in [2.24, 2.45) is 5.92 Å². The number of benzene rings is 1. The Morgan fingerprint density at radius 2 is 2.00 bits per heavy atom. The van der Waals surface area contributed by atoms with Gasteiger partial charge in [-0.3, -0.25) is 4.79 Å². The number of hydrogen-bond donors (Lipinski definition) is 0. The van der Waals surface area contributed by atoms with E-state index < -0.39 is 5.82 Å². The van der Waals surface area contributed by atoms with E-state index in [1.165, 1.54) is 6.07 Å². The van der Waals surface area contributed by atoms with E-state index in [0.29, 0.717) is 11.5 Å². The van der Waals surface area contributed by atoms with E-state index >= 15 is 0 Å². The van der Waals surface area contributed by atoms with Crippen LogP contribution in [0.4, 0.5) is 4.39 Å². The van der Waals surface area contributed by atoms with Gasteiger partial charge < -0.3 is 4.90 Å². The second-order valence-corrected chi connectivity index (χ2v) is 5.86. The van der Waals surface area contributed by atoms with Gasteiger partial charge in [0.1, 0.15) is 5.82 Å². The summed E-state index contributed by atoms with van der Waals surface area (Å²) in [7, 11) is 0. The molecule has 1 fully saturated rings. The van der Waals surface area contributed by atoms with Crippen LogP contribution in [0.2, 0.25) is 0 Å². The van der Waals surface area contributed by atoms with Gasteiger partial charge in [-0.05, 0) is 43.4 Å². The van der Waals surface area contributed by atoms with Crippen molar-refractivity contribution in [3.63, 3.8) is 0 Å². The summed E-state index contributed by atoms with van der Waals surface area (Å²) in [6, 6.07) is 2.98. The summed E-state index contributed by atoms with van der Waals surface area (Å²) in [5.74, 6) is 0.0417. The van der Waals surface area contributed by atoms with Gasteiger partial charge in [0.15, 0.2) is 0 Å². The summed E-state index contributed by atoms with van der Waals surface area (Å²) in [5.41, 5.74) is 0.887.